The first-order chi connectivity index (χ1) is 15.2. The molecule has 0 radical (unpaired) electrons. The highest BCUT2D eigenvalue weighted by atomic mass is 32.1. The fraction of sp³-hybridized carbons (Fsp3) is 0.391. The van der Waals surface area contributed by atoms with Crippen molar-refractivity contribution in [3.05, 3.63) is 57.8 Å². The molecule has 160 valence electrons. The van der Waals surface area contributed by atoms with Crippen molar-refractivity contribution in [1.29, 1.82) is 0 Å². The Kier molecular flexibility index (Phi) is 5.55. The highest BCUT2D eigenvalue weighted by Gasteiger charge is 2.22. The highest BCUT2D eigenvalue weighted by Crippen LogP contribution is 2.24. The fourth-order valence-corrected chi connectivity index (χ4v) is 5.11. The first kappa shape index (κ1) is 19.9. The minimum atomic E-state index is -0.0186. The molecule has 1 fully saturated rings. The summed E-state index contributed by atoms with van der Waals surface area (Å²) < 4.78 is 1.78. The number of aromatic nitrogens is 4. The Morgan fingerprint density at radius 1 is 1.19 bits per heavy atom. The van der Waals surface area contributed by atoms with Gasteiger partial charge in [-0.2, -0.15) is 4.52 Å². The van der Waals surface area contributed by atoms with Crippen molar-refractivity contribution in [3.63, 3.8) is 0 Å². The van der Waals surface area contributed by atoms with E-state index in [9.17, 15) is 4.79 Å². The van der Waals surface area contributed by atoms with E-state index in [1.165, 1.54) is 19.3 Å². The molecule has 0 atom stereocenters. The van der Waals surface area contributed by atoms with Gasteiger partial charge in [0.15, 0.2) is 5.65 Å². The second kappa shape index (κ2) is 8.63. The molecule has 1 aliphatic rings. The van der Waals surface area contributed by atoms with Gasteiger partial charge in [-0.1, -0.05) is 37.5 Å². The van der Waals surface area contributed by atoms with Crippen LogP contribution in [0.2, 0.25) is 0 Å². The first-order valence-corrected chi connectivity index (χ1v) is 11.7. The van der Waals surface area contributed by atoms with Gasteiger partial charge in [-0.3, -0.25) is 0 Å². The lowest BCUT2D eigenvalue weighted by atomic mass is 9.96. The lowest BCUT2D eigenvalue weighted by Crippen LogP contribution is -2.44. The summed E-state index contributed by atoms with van der Waals surface area (Å²) in [7, 11) is 0. The van der Waals surface area contributed by atoms with Crippen LogP contribution in [0.4, 0.5) is 4.79 Å². The van der Waals surface area contributed by atoms with E-state index in [0.717, 1.165) is 39.7 Å². The molecule has 0 bridgehead atoms. The number of rotatable bonds is 5. The third-order valence-corrected chi connectivity index (χ3v) is 6.87. The number of carbonyl (C=O) groups excluding carboxylic acids is 1. The number of benzene rings is 1. The molecule has 1 saturated carbocycles. The van der Waals surface area contributed by atoms with Gasteiger partial charge in [0, 0.05) is 21.9 Å². The van der Waals surface area contributed by atoms with E-state index in [4.69, 9.17) is 0 Å². The maximum absolute atomic E-state index is 13.3. The number of thiophene rings is 1. The van der Waals surface area contributed by atoms with Crippen molar-refractivity contribution in [2.75, 3.05) is 0 Å². The third kappa shape index (κ3) is 4.25. The molecule has 0 spiro atoms. The molecular weight excluding hydrogens is 408 g/mol. The number of nitrogens with zero attached hydrogens (tertiary/aromatic N) is 5. The van der Waals surface area contributed by atoms with Crippen LogP contribution in [0.25, 0.3) is 16.6 Å². The van der Waals surface area contributed by atoms with Gasteiger partial charge < -0.3 is 10.2 Å². The van der Waals surface area contributed by atoms with Crippen LogP contribution < -0.4 is 5.32 Å². The maximum atomic E-state index is 13.3. The smallest absolute Gasteiger partial charge is 0.318 e. The largest absolute Gasteiger partial charge is 0.335 e. The molecule has 4 aromatic rings. The number of fused-ring (bicyclic) bond motifs is 3. The van der Waals surface area contributed by atoms with E-state index in [1.807, 2.05) is 16.3 Å². The Hall–Kier alpha value is -3.00. The summed E-state index contributed by atoms with van der Waals surface area (Å²) in [5.41, 5.74) is 3.76. The number of aryl methyl sites for hydroxylation is 1. The van der Waals surface area contributed by atoms with E-state index in [2.05, 4.69) is 58.1 Å². The standard InChI is InChI=1S/C23H26N6OS/c1-16-9-10-17-13-18(22-25-26-27-29(22)21(17)12-16)14-28(15-20-8-5-11-31-20)23(30)24-19-6-3-2-4-7-19/h5,8-13,19H,2-4,6-7,14-15H2,1H3,(H,24,30). The van der Waals surface area contributed by atoms with Crippen LogP contribution in [0.5, 0.6) is 0 Å². The summed E-state index contributed by atoms with van der Waals surface area (Å²) in [6, 6.07) is 12.7. The molecule has 1 aliphatic carbocycles. The van der Waals surface area contributed by atoms with Gasteiger partial charge in [-0.15, -0.1) is 16.4 Å². The maximum Gasteiger partial charge on any atom is 0.318 e. The number of nitrogens with one attached hydrogen (secondary N) is 1. The number of hydrogen-bond donors (Lipinski definition) is 1. The second-order valence-electron chi connectivity index (χ2n) is 8.37. The molecule has 7 nitrogen and oxygen atoms in total. The van der Waals surface area contributed by atoms with Crippen molar-refractivity contribution < 1.29 is 4.79 Å². The van der Waals surface area contributed by atoms with Crippen LogP contribution in [0.3, 0.4) is 0 Å². The van der Waals surface area contributed by atoms with Crippen LogP contribution in [0.1, 0.15) is 48.1 Å². The summed E-state index contributed by atoms with van der Waals surface area (Å²) in [5.74, 6) is 0. The minimum absolute atomic E-state index is 0.0186. The quantitative estimate of drug-likeness (QED) is 0.494. The zero-order valence-electron chi connectivity index (χ0n) is 17.6. The molecule has 3 aromatic heterocycles. The predicted molar refractivity (Wildman–Crippen MR) is 122 cm³/mol. The number of hydrogen-bond acceptors (Lipinski definition) is 5. The van der Waals surface area contributed by atoms with E-state index in [-0.39, 0.29) is 12.1 Å². The first-order valence-electron chi connectivity index (χ1n) is 10.9. The summed E-state index contributed by atoms with van der Waals surface area (Å²) in [4.78, 5) is 16.3. The Labute approximate surface area is 185 Å². The Balaban J connectivity index is 1.47. The van der Waals surface area contributed by atoms with Crippen molar-refractivity contribution in [2.24, 2.45) is 0 Å². The summed E-state index contributed by atoms with van der Waals surface area (Å²) in [5, 5.41) is 18.8. The highest BCUT2D eigenvalue weighted by molar-refractivity contribution is 7.09. The van der Waals surface area contributed by atoms with E-state index in [1.54, 1.807) is 15.9 Å². The molecule has 5 rings (SSSR count). The number of urea groups is 1. The van der Waals surface area contributed by atoms with Crippen molar-refractivity contribution in [2.45, 2.75) is 58.2 Å². The average molecular weight is 435 g/mol. The third-order valence-electron chi connectivity index (χ3n) is 6.01. The fourth-order valence-electron chi connectivity index (χ4n) is 4.39. The topological polar surface area (TPSA) is 75.4 Å². The monoisotopic (exact) mass is 434 g/mol. The number of carbonyl (C=O) groups is 1. The molecule has 2 amide bonds. The van der Waals surface area contributed by atoms with Gasteiger partial charge in [-0.05, 0) is 59.3 Å². The van der Waals surface area contributed by atoms with Gasteiger partial charge in [0.2, 0.25) is 0 Å². The van der Waals surface area contributed by atoms with Crippen LogP contribution >= 0.6 is 11.3 Å². The van der Waals surface area contributed by atoms with Crippen LogP contribution in [-0.4, -0.2) is 37.0 Å². The van der Waals surface area contributed by atoms with Gasteiger partial charge >= 0.3 is 6.03 Å². The lowest BCUT2D eigenvalue weighted by Gasteiger charge is -2.28. The number of amides is 2. The Morgan fingerprint density at radius 2 is 2.06 bits per heavy atom. The van der Waals surface area contributed by atoms with E-state index < -0.39 is 0 Å². The molecule has 0 aliphatic heterocycles. The molecule has 1 aromatic carbocycles. The number of pyridine rings is 1. The molecule has 0 saturated heterocycles. The SMILES string of the molecule is Cc1ccc2cc(CN(Cc3cccs3)C(=O)NC3CCCCC3)c3nnnn3c2c1. The molecule has 1 N–H and O–H groups in total. The molecule has 3 heterocycles. The molecular formula is C23H26N6OS. The van der Waals surface area contributed by atoms with Gasteiger partial charge in [0.25, 0.3) is 0 Å². The lowest BCUT2D eigenvalue weighted by molar-refractivity contribution is 0.185. The Bertz CT molecular complexity index is 1200. The number of tetrazole rings is 1. The van der Waals surface area contributed by atoms with E-state index >= 15 is 0 Å². The summed E-state index contributed by atoms with van der Waals surface area (Å²) in [6.45, 7) is 3.07. The minimum Gasteiger partial charge on any atom is -0.335 e. The Morgan fingerprint density at radius 3 is 2.87 bits per heavy atom. The normalized spacial score (nSPS) is 14.9. The predicted octanol–water partition coefficient (Wildman–Crippen LogP) is 4.69. The van der Waals surface area contributed by atoms with Gasteiger partial charge in [0.05, 0.1) is 18.6 Å². The zero-order chi connectivity index (χ0) is 21.2. The van der Waals surface area contributed by atoms with Gasteiger partial charge in [-0.25, -0.2) is 4.79 Å². The zero-order valence-corrected chi connectivity index (χ0v) is 18.4. The summed E-state index contributed by atoms with van der Waals surface area (Å²) in [6.07, 6.45) is 5.76. The molecule has 31 heavy (non-hydrogen) atoms. The van der Waals surface area contributed by atoms with Crippen LogP contribution in [-0.2, 0) is 13.1 Å². The van der Waals surface area contributed by atoms with Gasteiger partial charge in [0.1, 0.15) is 0 Å². The summed E-state index contributed by atoms with van der Waals surface area (Å²) >= 11 is 1.67. The van der Waals surface area contributed by atoms with E-state index in [0.29, 0.717) is 18.7 Å². The van der Waals surface area contributed by atoms with Crippen LogP contribution in [0.15, 0.2) is 41.8 Å². The average Bonchev–Trinajstić information content (AvgIpc) is 3.47. The van der Waals surface area contributed by atoms with Crippen molar-refractivity contribution >= 4 is 33.9 Å². The van der Waals surface area contributed by atoms with Crippen molar-refractivity contribution in [1.82, 2.24) is 30.3 Å². The van der Waals surface area contributed by atoms with Crippen LogP contribution in [0, 0.1) is 6.92 Å². The van der Waals surface area contributed by atoms with Crippen molar-refractivity contribution in [3.8, 4) is 0 Å². The molecule has 8 heteroatoms. The second-order valence-corrected chi connectivity index (χ2v) is 9.40. The molecule has 0 unspecified atom stereocenters.